The largest absolute Gasteiger partial charge is 0.496 e. The summed E-state index contributed by atoms with van der Waals surface area (Å²) in [5.41, 5.74) is 6.96. The third-order valence-electron chi connectivity index (χ3n) is 7.94. The van der Waals surface area contributed by atoms with Gasteiger partial charge in [-0.1, -0.05) is 70.5 Å². The molecule has 3 aromatic rings. The Kier molecular flexibility index (Phi) is 11.3. The van der Waals surface area contributed by atoms with Crippen LogP contribution in [0, 0.1) is 0 Å². The molecule has 1 heterocycles. The number of nitrogens with one attached hydrogen (secondary N) is 1. The van der Waals surface area contributed by atoms with Crippen molar-refractivity contribution in [2.24, 2.45) is 0 Å². The molecule has 0 spiro atoms. The minimum atomic E-state index is -1.11. The lowest BCUT2D eigenvalue weighted by Gasteiger charge is -2.39. The van der Waals surface area contributed by atoms with Crippen LogP contribution < -0.4 is 20.1 Å². The van der Waals surface area contributed by atoms with E-state index >= 15 is 0 Å². The third-order valence-corrected chi connectivity index (χ3v) is 8.68. The van der Waals surface area contributed by atoms with Crippen molar-refractivity contribution in [2.45, 2.75) is 37.8 Å². The van der Waals surface area contributed by atoms with Gasteiger partial charge in [-0.3, -0.25) is 4.79 Å². The molecular weight excluding hydrogens is 646 g/mol. The zero-order chi connectivity index (χ0) is 30.4. The molecule has 2 aliphatic rings. The number of benzene rings is 3. The fraction of sp³-hybridized carbons (Fsp3) is 0.294. The zero-order valence-corrected chi connectivity index (χ0v) is 27.2. The lowest BCUT2D eigenvalue weighted by atomic mass is 9.95. The average Bonchev–Trinajstić information content (AvgIpc) is 3.05. The number of methoxy groups -OCH3 is 2. The van der Waals surface area contributed by atoms with Crippen molar-refractivity contribution in [3.05, 3.63) is 106 Å². The van der Waals surface area contributed by atoms with E-state index in [9.17, 15) is 14.7 Å². The van der Waals surface area contributed by atoms with Gasteiger partial charge in [-0.25, -0.2) is 9.80 Å². The molecular formula is C34H37BrClN3O5. The number of hydrogen-bond donors (Lipinski definition) is 2. The Hall–Kier alpha value is -3.63. The predicted molar refractivity (Wildman–Crippen MR) is 180 cm³/mol. The summed E-state index contributed by atoms with van der Waals surface area (Å²) in [5.74, 6) is -1.16. The second kappa shape index (κ2) is 14.9. The Morgan fingerprint density at radius 1 is 1.02 bits per heavy atom. The van der Waals surface area contributed by atoms with Gasteiger partial charge in [0, 0.05) is 31.1 Å². The molecule has 3 aromatic carbocycles. The SMILES string of the molecule is COc1cc(CC(=O)N(NC2(OC)C=CC(c3ccccc3)=CC2)c2ccccc2N2CCCCC2)c(Br)cc1C(=O)O.Cl. The van der Waals surface area contributed by atoms with Gasteiger partial charge in [-0.2, -0.15) is 5.43 Å². The Morgan fingerprint density at radius 3 is 2.36 bits per heavy atom. The summed E-state index contributed by atoms with van der Waals surface area (Å²) in [7, 11) is 3.04. The lowest BCUT2D eigenvalue weighted by Crippen LogP contribution is -2.58. The molecule has 1 amide bonds. The van der Waals surface area contributed by atoms with E-state index in [0.29, 0.717) is 16.5 Å². The van der Waals surface area contributed by atoms with E-state index in [-0.39, 0.29) is 36.0 Å². The molecule has 2 N–H and O–H groups in total. The van der Waals surface area contributed by atoms with E-state index in [1.807, 2.05) is 54.6 Å². The number of para-hydroxylation sites is 2. The standard InChI is InChI=1S/C34H36BrN3O5.ClH/c1-42-31-21-26(28(35)23-27(31)33(40)41)22-32(39)38(30-14-8-7-13-29(30)37-19-9-4-10-20-37)36-34(43-2)17-15-25(16-18-34)24-11-5-3-6-12-24;/h3,5-8,11-17,21,23,36H,4,9-10,18-20,22H2,1-2H3,(H,40,41);1H. The molecule has 44 heavy (non-hydrogen) atoms. The highest BCUT2D eigenvalue weighted by Crippen LogP contribution is 2.35. The maximum Gasteiger partial charge on any atom is 0.339 e. The average molecular weight is 683 g/mol. The highest BCUT2D eigenvalue weighted by atomic mass is 79.9. The number of hydrogen-bond acceptors (Lipinski definition) is 6. The number of piperidine rings is 1. The minimum Gasteiger partial charge on any atom is -0.496 e. The molecule has 1 fully saturated rings. The number of nitrogens with zero attached hydrogens (tertiary/aromatic N) is 2. The number of ether oxygens (including phenoxy) is 2. The lowest BCUT2D eigenvalue weighted by molar-refractivity contribution is -0.120. The normalized spacial score (nSPS) is 17.8. The summed E-state index contributed by atoms with van der Waals surface area (Å²) < 4.78 is 11.9. The van der Waals surface area contributed by atoms with Crippen LogP contribution in [0.25, 0.3) is 5.57 Å². The number of carbonyl (C=O) groups is 2. The molecule has 1 unspecified atom stereocenters. The number of halogens is 2. The monoisotopic (exact) mass is 681 g/mol. The van der Waals surface area contributed by atoms with Gasteiger partial charge in [0.2, 0.25) is 5.91 Å². The van der Waals surface area contributed by atoms with Gasteiger partial charge < -0.3 is 19.5 Å². The van der Waals surface area contributed by atoms with Gasteiger partial charge in [0.15, 0.2) is 5.72 Å². The van der Waals surface area contributed by atoms with Crippen molar-refractivity contribution in [2.75, 3.05) is 37.2 Å². The van der Waals surface area contributed by atoms with Crippen molar-refractivity contribution < 1.29 is 24.2 Å². The Labute approximate surface area is 272 Å². The number of carboxylic acids is 1. The molecule has 232 valence electrons. The van der Waals surface area contributed by atoms with Crippen LogP contribution in [0.2, 0.25) is 0 Å². The van der Waals surface area contributed by atoms with E-state index in [2.05, 4.69) is 44.5 Å². The molecule has 0 aromatic heterocycles. The number of anilines is 2. The number of allylic oxidation sites excluding steroid dienone is 2. The van der Waals surface area contributed by atoms with E-state index < -0.39 is 11.7 Å². The summed E-state index contributed by atoms with van der Waals surface area (Å²) in [4.78, 5) is 28.4. The van der Waals surface area contributed by atoms with Gasteiger partial charge in [0.1, 0.15) is 11.3 Å². The summed E-state index contributed by atoms with van der Waals surface area (Å²) in [6, 6.07) is 21.1. The molecule has 0 bridgehead atoms. The molecule has 1 aliphatic carbocycles. The number of rotatable bonds is 10. The van der Waals surface area contributed by atoms with Crippen LogP contribution in [-0.4, -0.2) is 50.0 Å². The molecule has 1 saturated heterocycles. The van der Waals surface area contributed by atoms with Gasteiger partial charge in [0.05, 0.1) is 24.9 Å². The Bertz CT molecular complexity index is 1540. The first-order chi connectivity index (χ1) is 20.8. The van der Waals surface area contributed by atoms with Crippen LogP contribution in [0.4, 0.5) is 11.4 Å². The summed E-state index contributed by atoms with van der Waals surface area (Å²) in [6.07, 6.45) is 9.93. The maximum atomic E-state index is 14.3. The van der Waals surface area contributed by atoms with Gasteiger partial charge >= 0.3 is 5.97 Å². The third kappa shape index (κ3) is 7.35. The van der Waals surface area contributed by atoms with Gasteiger partial charge in [0.25, 0.3) is 0 Å². The molecule has 10 heteroatoms. The van der Waals surface area contributed by atoms with E-state index in [1.165, 1.54) is 19.6 Å². The second-order valence-corrected chi connectivity index (χ2v) is 11.5. The van der Waals surface area contributed by atoms with Crippen molar-refractivity contribution in [3.8, 4) is 5.75 Å². The van der Waals surface area contributed by atoms with Crippen molar-refractivity contribution in [1.29, 1.82) is 0 Å². The quantitative estimate of drug-likeness (QED) is 0.175. The van der Waals surface area contributed by atoms with Gasteiger partial charge in [-0.15, -0.1) is 12.4 Å². The molecule has 0 saturated carbocycles. The first-order valence-electron chi connectivity index (χ1n) is 14.4. The number of carbonyl (C=O) groups excluding carboxylic acids is 1. The predicted octanol–water partition coefficient (Wildman–Crippen LogP) is 7.03. The topological polar surface area (TPSA) is 91.3 Å². The molecule has 0 radical (unpaired) electrons. The van der Waals surface area contributed by atoms with Crippen molar-refractivity contribution in [3.63, 3.8) is 0 Å². The summed E-state index contributed by atoms with van der Waals surface area (Å²) in [6.45, 7) is 1.83. The van der Waals surface area contributed by atoms with Gasteiger partial charge in [-0.05, 0) is 66.3 Å². The van der Waals surface area contributed by atoms with Crippen LogP contribution in [0.1, 0.15) is 47.2 Å². The van der Waals surface area contributed by atoms with Crippen LogP contribution in [0.15, 0.2) is 89.4 Å². The first-order valence-corrected chi connectivity index (χ1v) is 15.2. The highest BCUT2D eigenvalue weighted by molar-refractivity contribution is 9.10. The number of carboxylic acid groups (broad SMARTS) is 1. The highest BCUT2D eigenvalue weighted by Gasteiger charge is 2.34. The number of hydrazine groups is 1. The van der Waals surface area contributed by atoms with E-state index in [1.54, 1.807) is 18.2 Å². The second-order valence-electron chi connectivity index (χ2n) is 10.7. The van der Waals surface area contributed by atoms with E-state index in [0.717, 1.165) is 48.4 Å². The minimum absolute atomic E-state index is 0. The van der Waals surface area contributed by atoms with E-state index in [4.69, 9.17) is 9.47 Å². The molecule has 1 atom stereocenters. The van der Waals surface area contributed by atoms with Crippen LogP contribution in [0.3, 0.4) is 0 Å². The van der Waals surface area contributed by atoms with Crippen LogP contribution in [-0.2, 0) is 16.0 Å². The Balaban J connectivity index is 0.00000442. The smallest absolute Gasteiger partial charge is 0.339 e. The fourth-order valence-corrected chi connectivity index (χ4v) is 6.04. The maximum absolute atomic E-state index is 14.3. The summed E-state index contributed by atoms with van der Waals surface area (Å²) in [5, 5.41) is 11.2. The molecule has 8 nitrogen and oxygen atoms in total. The number of aromatic carboxylic acids is 1. The van der Waals surface area contributed by atoms with Crippen LogP contribution >= 0.6 is 28.3 Å². The number of amides is 1. The Morgan fingerprint density at radius 2 is 1.73 bits per heavy atom. The molecule has 1 aliphatic heterocycles. The summed E-state index contributed by atoms with van der Waals surface area (Å²) >= 11 is 3.48. The van der Waals surface area contributed by atoms with Crippen LogP contribution in [0.5, 0.6) is 5.75 Å². The first kappa shape index (κ1) is 33.3. The fourth-order valence-electron chi connectivity index (χ4n) is 5.56. The molecule has 5 rings (SSSR count). The van der Waals surface area contributed by atoms with Crippen molar-refractivity contribution in [1.82, 2.24) is 5.43 Å². The van der Waals surface area contributed by atoms with Crippen molar-refractivity contribution >= 4 is 57.2 Å². The zero-order valence-electron chi connectivity index (χ0n) is 24.8.